The van der Waals surface area contributed by atoms with Crippen LogP contribution >= 0.6 is 0 Å². The SMILES string of the molecule is COC1CCN(C(=O)N2CCCCCC2)CC1. The van der Waals surface area contributed by atoms with Gasteiger partial charge in [-0.2, -0.15) is 0 Å². The van der Waals surface area contributed by atoms with Gasteiger partial charge in [0.1, 0.15) is 0 Å². The highest BCUT2D eigenvalue weighted by Gasteiger charge is 2.26. The predicted molar refractivity (Wildman–Crippen MR) is 67.0 cm³/mol. The molecule has 4 nitrogen and oxygen atoms in total. The first-order chi connectivity index (χ1) is 8.31. The fourth-order valence-corrected chi connectivity index (χ4v) is 2.74. The van der Waals surface area contributed by atoms with Crippen molar-refractivity contribution >= 4 is 6.03 Å². The molecule has 0 aromatic carbocycles. The first-order valence-electron chi connectivity index (χ1n) is 6.88. The molecule has 2 aliphatic rings. The molecule has 98 valence electrons. The van der Waals surface area contributed by atoms with Crippen molar-refractivity contribution in [2.24, 2.45) is 0 Å². The Bertz CT molecular complexity index is 242. The minimum Gasteiger partial charge on any atom is -0.381 e. The second-order valence-electron chi connectivity index (χ2n) is 5.11. The van der Waals surface area contributed by atoms with E-state index in [9.17, 15) is 4.79 Å². The van der Waals surface area contributed by atoms with E-state index in [1.54, 1.807) is 7.11 Å². The van der Waals surface area contributed by atoms with Crippen LogP contribution in [0, 0.1) is 0 Å². The van der Waals surface area contributed by atoms with Crippen molar-refractivity contribution in [3.05, 3.63) is 0 Å². The Kier molecular flexibility index (Phi) is 4.66. The van der Waals surface area contributed by atoms with Crippen LogP contribution in [0.1, 0.15) is 38.5 Å². The largest absolute Gasteiger partial charge is 0.381 e. The fraction of sp³-hybridized carbons (Fsp3) is 0.923. The van der Waals surface area contributed by atoms with Crippen LogP contribution < -0.4 is 0 Å². The average Bonchev–Trinajstić information content (AvgIpc) is 2.67. The zero-order chi connectivity index (χ0) is 12.1. The molecule has 2 saturated heterocycles. The van der Waals surface area contributed by atoms with Gasteiger partial charge in [0.15, 0.2) is 0 Å². The van der Waals surface area contributed by atoms with Crippen LogP contribution in [0.3, 0.4) is 0 Å². The van der Waals surface area contributed by atoms with E-state index >= 15 is 0 Å². The van der Waals surface area contributed by atoms with Crippen LogP contribution in [0.2, 0.25) is 0 Å². The molecule has 0 aromatic heterocycles. The standard InChI is InChI=1S/C13H24N2O2/c1-17-12-6-10-15(11-7-12)13(16)14-8-4-2-3-5-9-14/h12H,2-11H2,1H3. The van der Waals surface area contributed by atoms with Crippen LogP contribution in [0.25, 0.3) is 0 Å². The minimum atomic E-state index is 0.251. The van der Waals surface area contributed by atoms with E-state index in [1.807, 2.05) is 9.80 Å². The number of likely N-dealkylation sites (tertiary alicyclic amines) is 2. The monoisotopic (exact) mass is 240 g/mol. The Balaban J connectivity index is 1.82. The van der Waals surface area contributed by atoms with Crippen molar-refractivity contribution in [3.63, 3.8) is 0 Å². The van der Waals surface area contributed by atoms with Gasteiger partial charge in [0.25, 0.3) is 0 Å². The Morgan fingerprint density at radius 2 is 1.47 bits per heavy atom. The molecule has 0 N–H and O–H groups in total. The Morgan fingerprint density at radius 1 is 0.941 bits per heavy atom. The van der Waals surface area contributed by atoms with Gasteiger partial charge in [0.05, 0.1) is 6.10 Å². The number of nitrogens with zero attached hydrogens (tertiary/aromatic N) is 2. The maximum absolute atomic E-state index is 12.3. The van der Waals surface area contributed by atoms with Gasteiger partial charge in [0, 0.05) is 33.3 Å². The lowest BCUT2D eigenvalue weighted by Crippen LogP contribution is -2.48. The first-order valence-corrected chi connectivity index (χ1v) is 6.88. The highest BCUT2D eigenvalue weighted by Crippen LogP contribution is 2.17. The van der Waals surface area contributed by atoms with Crippen molar-refractivity contribution < 1.29 is 9.53 Å². The molecule has 0 bridgehead atoms. The first kappa shape index (κ1) is 12.7. The second-order valence-corrected chi connectivity index (χ2v) is 5.11. The summed E-state index contributed by atoms with van der Waals surface area (Å²) in [7, 11) is 1.76. The zero-order valence-corrected chi connectivity index (χ0v) is 10.9. The molecule has 4 heteroatoms. The highest BCUT2D eigenvalue weighted by molar-refractivity contribution is 5.74. The van der Waals surface area contributed by atoms with Crippen LogP contribution in [0.15, 0.2) is 0 Å². The van der Waals surface area contributed by atoms with Crippen molar-refractivity contribution in [1.29, 1.82) is 0 Å². The van der Waals surface area contributed by atoms with E-state index < -0.39 is 0 Å². The summed E-state index contributed by atoms with van der Waals surface area (Å²) in [6.45, 7) is 3.60. The Morgan fingerprint density at radius 3 is 2.00 bits per heavy atom. The number of hydrogen-bond acceptors (Lipinski definition) is 2. The van der Waals surface area contributed by atoms with Crippen LogP contribution in [0.5, 0.6) is 0 Å². The van der Waals surface area contributed by atoms with Crippen LogP contribution in [0.4, 0.5) is 4.79 Å². The molecule has 0 spiro atoms. The number of carbonyl (C=O) groups is 1. The van der Waals surface area contributed by atoms with E-state index in [4.69, 9.17) is 4.74 Å². The maximum Gasteiger partial charge on any atom is 0.320 e. The molecule has 0 aliphatic carbocycles. The number of carbonyl (C=O) groups excluding carboxylic acids is 1. The van der Waals surface area contributed by atoms with Gasteiger partial charge in [-0.15, -0.1) is 0 Å². The molecule has 2 fully saturated rings. The Hall–Kier alpha value is -0.770. The summed E-state index contributed by atoms with van der Waals surface area (Å²) in [6, 6.07) is 0.251. The Labute approximate surface area is 104 Å². The summed E-state index contributed by atoms with van der Waals surface area (Å²) in [5.41, 5.74) is 0. The van der Waals surface area contributed by atoms with Gasteiger partial charge in [-0.3, -0.25) is 0 Å². The zero-order valence-electron chi connectivity index (χ0n) is 10.9. The lowest BCUT2D eigenvalue weighted by Gasteiger charge is -2.35. The lowest BCUT2D eigenvalue weighted by atomic mass is 10.1. The van der Waals surface area contributed by atoms with Gasteiger partial charge in [-0.25, -0.2) is 4.79 Å². The summed E-state index contributed by atoms with van der Waals surface area (Å²) in [5.74, 6) is 0. The smallest absolute Gasteiger partial charge is 0.320 e. The molecule has 2 aliphatic heterocycles. The molecule has 0 atom stereocenters. The molecule has 0 unspecified atom stereocenters. The van der Waals surface area contributed by atoms with E-state index in [0.717, 1.165) is 39.0 Å². The van der Waals surface area contributed by atoms with E-state index in [1.165, 1.54) is 25.7 Å². The average molecular weight is 240 g/mol. The van der Waals surface area contributed by atoms with E-state index in [-0.39, 0.29) is 6.03 Å². The normalized spacial score (nSPS) is 23.6. The van der Waals surface area contributed by atoms with Gasteiger partial charge < -0.3 is 14.5 Å². The minimum absolute atomic E-state index is 0.251. The third-order valence-electron chi connectivity index (χ3n) is 3.92. The third-order valence-corrected chi connectivity index (χ3v) is 3.92. The quantitative estimate of drug-likeness (QED) is 0.703. The highest BCUT2D eigenvalue weighted by atomic mass is 16.5. The molecule has 2 heterocycles. The number of ether oxygens (including phenoxy) is 1. The number of piperidine rings is 1. The summed E-state index contributed by atoms with van der Waals surface area (Å²) in [5, 5.41) is 0. The summed E-state index contributed by atoms with van der Waals surface area (Å²) < 4.78 is 5.33. The van der Waals surface area contributed by atoms with Gasteiger partial charge in [-0.1, -0.05) is 12.8 Å². The molecule has 0 aromatic rings. The van der Waals surface area contributed by atoms with Crippen LogP contribution in [-0.2, 0) is 4.74 Å². The fourth-order valence-electron chi connectivity index (χ4n) is 2.74. The van der Waals surface area contributed by atoms with Crippen molar-refractivity contribution in [2.45, 2.75) is 44.6 Å². The van der Waals surface area contributed by atoms with E-state index in [0.29, 0.717) is 6.10 Å². The van der Waals surface area contributed by atoms with Crippen LogP contribution in [-0.4, -0.2) is 55.2 Å². The van der Waals surface area contributed by atoms with Crippen molar-refractivity contribution in [1.82, 2.24) is 9.80 Å². The number of methoxy groups -OCH3 is 1. The molecular formula is C13H24N2O2. The molecular weight excluding hydrogens is 216 g/mol. The molecule has 17 heavy (non-hydrogen) atoms. The number of urea groups is 1. The molecule has 2 rings (SSSR count). The van der Waals surface area contributed by atoms with Gasteiger partial charge in [0.2, 0.25) is 0 Å². The molecule has 0 saturated carbocycles. The van der Waals surface area contributed by atoms with Crippen molar-refractivity contribution in [2.75, 3.05) is 33.3 Å². The summed E-state index contributed by atoms with van der Waals surface area (Å²) in [4.78, 5) is 16.4. The van der Waals surface area contributed by atoms with E-state index in [2.05, 4.69) is 0 Å². The summed E-state index contributed by atoms with van der Waals surface area (Å²) in [6.07, 6.45) is 7.20. The van der Waals surface area contributed by atoms with Gasteiger partial charge >= 0.3 is 6.03 Å². The lowest BCUT2D eigenvalue weighted by molar-refractivity contribution is 0.0447. The third kappa shape index (κ3) is 3.35. The summed E-state index contributed by atoms with van der Waals surface area (Å²) >= 11 is 0. The maximum atomic E-state index is 12.3. The topological polar surface area (TPSA) is 32.8 Å². The predicted octanol–water partition coefficient (Wildman–Crippen LogP) is 2.09. The second kappa shape index (κ2) is 6.24. The van der Waals surface area contributed by atoms with Gasteiger partial charge in [-0.05, 0) is 25.7 Å². The molecule has 2 amide bonds. The number of rotatable bonds is 1. The van der Waals surface area contributed by atoms with Crippen molar-refractivity contribution in [3.8, 4) is 0 Å². The number of hydrogen-bond donors (Lipinski definition) is 0. The molecule has 0 radical (unpaired) electrons. The number of amides is 2.